The molecule has 0 saturated heterocycles. The summed E-state index contributed by atoms with van der Waals surface area (Å²) >= 11 is 0. The van der Waals surface area contributed by atoms with Crippen LogP contribution in [-0.2, 0) is 0 Å². The molecular formula is C43H59ClN6O2. The Kier molecular flexibility index (Phi) is 21.4. The molecule has 280 valence electrons. The average molecular weight is 727 g/mol. The topological polar surface area (TPSA) is 106 Å². The highest BCUT2D eigenvalue weighted by atomic mass is 35.5. The zero-order chi connectivity index (χ0) is 35.6. The third-order valence-corrected chi connectivity index (χ3v) is 9.08. The monoisotopic (exact) mass is 726 g/mol. The molecule has 8 nitrogen and oxygen atoms in total. The minimum atomic E-state index is -0.104. The number of carbonyl (C=O) groups is 2. The minimum absolute atomic E-state index is 0. The highest BCUT2D eigenvalue weighted by Crippen LogP contribution is 2.28. The molecular weight excluding hydrogens is 668 g/mol. The summed E-state index contributed by atoms with van der Waals surface area (Å²) in [6.45, 7) is 6.31. The molecule has 4 aromatic rings. The van der Waals surface area contributed by atoms with Crippen molar-refractivity contribution in [3.05, 3.63) is 144 Å². The van der Waals surface area contributed by atoms with Crippen LogP contribution in [0.3, 0.4) is 0 Å². The Hall–Kier alpha value is -4.37. The van der Waals surface area contributed by atoms with Gasteiger partial charge in [0.05, 0.1) is 0 Å². The van der Waals surface area contributed by atoms with Gasteiger partial charge < -0.3 is 31.9 Å². The Bertz CT molecular complexity index is 1290. The molecule has 0 aliphatic heterocycles. The van der Waals surface area contributed by atoms with Crippen LogP contribution in [0.5, 0.6) is 0 Å². The molecule has 9 heteroatoms. The Morgan fingerprint density at radius 3 is 0.981 bits per heavy atom. The number of hydrogen-bond donors (Lipinski definition) is 6. The fourth-order valence-corrected chi connectivity index (χ4v) is 6.34. The molecule has 4 amide bonds. The molecule has 0 aliphatic rings. The first-order chi connectivity index (χ1) is 25.2. The number of rotatable bonds is 24. The van der Waals surface area contributed by atoms with Crippen LogP contribution in [0, 0.1) is 0 Å². The molecule has 0 aliphatic carbocycles. The van der Waals surface area contributed by atoms with Gasteiger partial charge in [-0.25, -0.2) is 9.59 Å². The lowest BCUT2D eigenvalue weighted by molar-refractivity contribution is 0.239. The Balaban J connectivity index is 0.00000729. The van der Waals surface area contributed by atoms with E-state index in [2.05, 4.69) is 129 Å². The standard InChI is InChI=1S/C43H58N6O2.ClH/c50-42(48-34-26-40(36-18-6-1-7-19-36)37-20-8-2-9-21-37)46-32-16-30-44-28-14-5-15-29-45-31-17-33-47-43(51)49-35-27-41(38-22-10-3-11-23-38)39-24-12-4-13-25-39;/h1-4,6-13,18-25,40-41,44-45H,5,14-17,26-35H2,(H2,46,48,50)(H2,47,49,51);1H. The van der Waals surface area contributed by atoms with Crippen molar-refractivity contribution in [2.24, 2.45) is 0 Å². The maximum Gasteiger partial charge on any atom is 0.314 e. The summed E-state index contributed by atoms with van der Waals surface area (Å²) in [5.74, 6) is 0.510. The van der Waals surface area contributed by atoms with Crippen LogP contribution in [0.4, 0.5) is 9.59 Å². The van der Waals surface area contributed by atoms with Gasteiger partial charge in [0.2, 0.25) is 0 Å². The van der Waals surface area contributed by atoms with Crippen LogP contribution < -0.4 is 31.9 Å². The minimum Gasteiger partial charge on any atom is -0.338 e. The van der Waals surface area contributed by atoms with Gasteiger partial charge in [0.15, 0.2) is 0 Å². The first kappa shape index (κ1) is 42.0. The molecule has 0 bridgehead atoms. The highest BCUT2D eigenvalue weighted by molar-refractivity contribution is 5.85. The Morgan fingerprint density at radius 1 is 0.365 bits per heavy atom. The third kappa shape index (κ3) is 16.8. The van der Waals surface area contributed by atoms with Crippen LogP contribution in [-0.4, -0.2) is 64.4 Å². The predicted octanol–water partition coefficient (Wildman–Crippen LogP) is 7.58. The number of amides is 4. The van der Waals surface area contributed by atoms with E-state index in [1.54, 1.807) is 0 Å². The second-order valence-electron chi connectivity index (χ2n) is 13.0. The normalized spacial score (nSPS) is 10.8. The fourth-order valence-electron chi connectivity index (χ4n) is 6.34. The SMILES string of the molecule is Cl.O=C(NCCCNCCCCCNCCCNC(=O)NCCC(c1ccccc1)c1ccccc1)NCCC(c1ccccc1)c1ccccc1. The van der Waals surface area contributed by atoms with Gasteiger partial charge in [-0.2, -0.15) is 0 Å². The summed E-state index contributed by atoms with van der Waals surface area (Å²) < 4.78 is 0. The molecule has 0 fully saturated rings. The van der Waals surface area contributed by atoms with E-state index in [9.17, 15) is 9.59 Å². The molecule has 6 N–H and O–H groups in total. The van der Waals surface area contributed by atoms with Crippen molar-refractivity contribution < 1.29 is 9.59 Å². The van der Waals surface area contributed by atoms with Gasteiger partial charge in [0, 0.05) is 38.0 Å². The van der Waals surface area contributed by atoms with Gasteiger partial charge in [-0.1, -0.05) is 128 Å². The van der Waals surface area contributed by atoms with E-state index in [0.29, 0.717) is 26.2 Å². The quantitative estimate of drug-likeness (QED) is 0.0419. The summed E-state index contributed by atoms with van der Waals surface area (Å²) in [5.41, 5.74) is 5.07. The van der Waals surface area contributed by atoms with Gasteiger partial charge in [-0.15, -0.1) is 12.4 Å². The van der Waals surface area contributed by atoms with Crippen molar-refractivity contribution in [2.75, 3.05) is 52.4 Å². The number of unbranched alkanes of at least 4 members (excludes halogenated alkanes) is 2. The van der Waals surface area contributed by atoms with Crippen molar-refractivity contribution in [2.45, 2.75) is 56.8 Å². The van der Waals surface area contributed by atoms with Crippen molar-refractivity contribution >= 4 is 24.5 Å². The summed E-state index contributed by atoms with van der Waals surface area (Å²) in [6, 6.07) is 41.7. The van der Waals surface area contributed by atoms with Gasteiger partial charge in [-0.3, -0.25) is 0 Å². The number of urea groups is 2. The van der Waals surface area contributed by atoms with E-state index in [1.807, 2.05) is 24.3 Å². The number of carbonyl (C=O) groups excluding carboxylic acids is 2. The lowest BCUT2D eigenvalue weighted by Crippen LogP contribution is -2.37. The largest absolute Gasteiger partial charge is 0.338 e. The molecule has 0 spiro atoms. The molecule has 4 aromatic carbocycles. The van der Waals surface area contributed by atoms with Crippen LogP contribution in [0.1, 0.15) is 79.0 Å². The molecule has 0 aromatic heterocycles. The number of halogens is 1. The maximum atomic E-state index is 12.3. The predicted molar refractivity (Wildman–Crippen MR) is 218 cm³/mol. The lowest BCUT2D eigenvalue weighted by atomic mass is 9.88. The molecule has 0 unspecified atom stereocenters. The molecule has 0 saturated carbocycles. The van der Waals surface area contributed by atoms with E-state index in [-0.39, 0.29) is 36.3 Å². The van der Waals surface area contributed by atoms with Crippen molar-refractivity contribution in [1.82, 2.24) is 31.9 Å². The summed E-state index contributed by atoms with van der Waals surface area (Å²) in [4.78, 5) is 24.6. The fraction of sp³-hybridized carbons (Fsp3) is 0.395. The van der Waals surface area contributed by atoms with Gasteiger partial charge in [-0.05, 0) is 87.0 Å². The van der Waals surface area contributed by atoms with Crippen LogP contribution in [0.15, 0.2) is 121 Å². The van der Waals surface area contributed by atoms with E-state index >= 15 is 0 Å². The van der Waals surface area contributed by atoms with Crippen molar-refractivity contribution in [1.29, 1.82) is 0 Å². The average Bonchev–Trinajstić information content (AvgIpc) is 3.18. The molecule has 0 heterocycles. The summed E-state index contributed by atoms with van der Waals surface area (Å²) in [5, 5.41) is 19.0. The van der Waals surface area contributed by atoms with Gasteiger partial charge >= 0.3 is 12.1 Å². The van der Waals surface area contributed by atoms with Gasteiger partial charge in [0.1, 0.15) is 0 Å². The zero-order valence-electron chi connectivity index (χ0n) is 30.5. The second kappa shape index (κ2) is 26.4. The van der Waals surface area contributed by atoms with Crippen LogP contribution in [0.2, 0.25) is 0 Å². The summed E-state index contributed by atoms with van der Waals surface area (Å²) in [7, 11) is 0. The van der Waals surface area contributed by atoms with E-state index < -0.39 is 0 Å². The van der Waals surface area contributed by atoms with E-state index in [0.717, 1.165) is 64.7 Å². The van der Waals surface area contributed by atoms with Crippen molar-refractivity contribution in [3.63, 3.8) is 0 Å². The Labute approximate surface area is 317 Å². The van der Waals surface area contributed by atoms with Crippen molar-refractivity contribution in [3.8, 4) is 0 Å². The zero-order valence-corrected chi connectivity index (χ0v) is 31.3. The first-order valence-corrected chi connectivity index (χ1v) is 18.9. The van der Waals surface area contributed by atoms with Crippen LogP contribution >= 0.6 is 12.4 Å². The first-order valence-electron chi connectivity index (χ1n) is 18.9. The molecule has 0 atom stereocenters. The van der Waals surface area contributed by atoms with Gasteiger partial charge in [0.25, 0.3) is 0 Å². The highest BCUT2D eigenvalue weighted by Gasteiger charge is 2.15. The number of benzene rings is 4. The lowest BCUT2D eigenvalue weighted by Gasteiger charge is -2.18. The molecule has 52 heavy (non-hydrogen) atoms. The Morgan fingerprint density at radius 2 is 0.654 bits per heavy atom. The molecule has 0 radical (unpaired) electrons. The van der Waals surface area contributed by atoms with E-state index in [1.165, 1.54) is 28.7 Å². The number of hydrogen-bond acceptors (Lipinski definition) is 4. The van der Waals surface area contributed by atoms with E-state index in [4.69, 9.17) is 0 Å². The maximum absolute atomic E-state index is 12.3. The molecule has 4 rings (SSSR count). The third-order valence-electron chi connectivity index (χ3n) is 9.08. The second-order valence-corrected chi connectivity index (χ2v) is 13.0. The summed E-state index contributed by atoms with van der Waals surface area (Å²) in [6.07, 6.45) is 6.94. The smallest absolute Gasteiger partial charge is 0.314 e. The van der Waals surface area contributed by atoms with Crippen LogP contribution in [0.25, 0.3) is 0 Å². The number of nitrogens with one attached hydrogen (secondary N) is 6.